The predicted molar refractivity (Wildman–Crippen MR) is 106 cm³/mol. The van der Waals surface area contributed by atoms with Crippen LogP contribution in [0.25, 0.3) is 0 Å². The van der Waals surface area contributed by atoms with E-state index in [-0.39, 0.29) is 17.6 Å². The minimum atomic E-state index is -0.0886. The Balaban J connectivity index is 1.89. The van der Waals surface area contributed by atoms with E-state index in [2.05, 4.69) is 6.92 Å². The van der Waals surface area contributed by atoms with Crippen molar-refractivity contribution in [3.63, 3.8) is 0 Å². The van der Waals surface area contributed by atoms with Gasteiger partial charge < -0.3 is 0 Å². The van der Waals surface area contributed by atoms with Gasteiger partial charge in [-0.15, -0.1) is 0 Å². The highest BCUT2D eigenvalue weighted by atomic mass is 35.5. The minimum Gasteiger partial charge on any atom is -0.299 e. The van der Waals surface area contributed by atoms with Crippen molar-refractivity contribution in [3.05, 3.63) is 70.2 Å². The fourth-order valence-corrected chi connectivity index (χ4v) is 4.03. The molecule has 1 saturated carbocycles. The van der Waals surface area contributed by atoms with E-state index in [9.17, 15) is 9.59 Å². The maximum absolute atomic E-state index is 12.9. The van der Waals surface area contributed by atoms with Crippen molar-refractivity contribution in [2.45, 2.75) is 45.4 Å². The van der Waals surface area contributed by atoms with E-state index in [1.165, 1.54) is 0 Å². The summed E-state index contributed by atoms with van der Waals surface area (Å²) >= 11 is 6.04. The summed E-state index contributed by atoms with van der Waals surface area (Å²) in [6.07, 6.45) is 2.78. The van der Waals surface area contributed by atoms with E-state index in [4.69, 9.17) is 11.6 Å². The summed E-state index contributed by atoms with van der Waals surface area (Å²) in [4.78, 5) is 25.5. The van der Waals surface area contributed by atoms with Crippen LogP contribution in [0.1, 0.15) is 60.0 Å². The van der Waals surface area contributed by atoms with Crippen molar-refractivity contribution in [1.29, 1.82) is 0 Å². The van der Waals surface area contributed by atoms with Crippen molar-refractivity contribution < 1.29 is 9.59 Å². The molecule has 0 saturated heterocycles. The molecule has 2 aromatic carbocycles. The molecule has 0 bridgehead atoms. The summed E-state index contributed by atoms with van der Waals surface area (Å²) in [5, 5.41) is 0.667. The molecule has 1 fully saturated rings. The third-order valence-corrected chi connectivity index (χ3v) is 5.77. The zero-order valence-corrected chi connectivity index (χ0v) is 16.1. The first-order valence-electron chi connectivity index (χ1n) is 9.32. The molecule has 2 nitrogen and oxygen atoms in total. The van der Waals surface area contributed by atoms with Gasteiger partial charge in [-0.1, -0.05) is 60.5 Å². The van der Waals surface area contributed by atoms with Crippen LogP contribution in [0, 0.1) is 18.8 Å². The number of aryl methyl sites for hydroxylation is 1. The van der Waals surface area contributed by atoms with Crippen molar-refractivity contribution in [2.24, 2.45) is 11.8 Å². The van der Waals surface area contributed by atoms with E-state index in [1.54, 1.807) is 0 Å². The standard InChI is InChI=1S/C23H25ClO2/c1-15-3-6-18(7-4-15)23(26)14-20(17-8-10-19(24)11-9-17)21-13-16(2)5-12-22(21)25/h3-4,6-11,16,20-21H,5,12-14H2,1-2H3/t16-,20+,21+/m1/s1. The molecule has 3 heteroatoms. The molecule has 1 aliphatic carbocycles. The zero-order valence-electron chi connectivity index (χ0n) is 15.4. The number of rotatable bonds is 5. The Morgan fingerprint density at radius 3 is 2.42 bits per heavy atom. The van der Waals surface area contributed by atoms with Crippen LogP contribution in [0.2, 0.25) is 5.02 Å². The molecular weight excluding hydrogens is 344 g/mol. The molecule has 1 aliphatic rings. The maximum Gasteiger partial charge on any atom is 0.163 e. The summed E-state index contributed by atoms with van der Waals surface area (Å²) in [6.45, 7) is 4.20. The van der Waals surface area contributed by atoms with Crippen molar-refractivity contribution in [3.8, 4) is 0 Å². The molecule has 3 rings (SSSR count). The molecule has 0 unspecified atom stereocenters. The number of hydrogen-bond acceptors (Lipinski definition) is 2. The van der Waals surface area contributed by atoms with Crippen LogP contribution in [-0.4, -0.2) is 11.6 Å². The van der Waals surface area contributed by atoms with Crippen LogP contribution in [0.3, 0.4) is 0 Å². The monoisotopic (exact) mass is 368 g/mol. The van der Waals surface area contributed by atoms with Gasteiger partial charge >= 0.3 is 0 Å². The van der Waals surface area contributed by atoms with Crippen LogP contribution in [-0.2, 0) is 4.79 Å². The number of Topliss-reactive ketones (excluding diaryl/α,β-unsaturated/α-hetero) is 2. The molecular formula is C23H25ClO2. The lowest BCUT2D eigenvalue weighted by Crippen LogP contribution is -2.30. The minimum absolute atomic E-state index is 0.0867. The lowest BCUT2D eigenvalue weighted by Gasteiger charge is -2.32. The van der Waals surface area contributed by atoms with E-state index in [0.717, 1.165) is 24.0 Å². The SMILES string of the molecule is Cc1ccc(C(=O)C[C@@H](c2ccc(Cl)cc2)[C@@H]2C[C@H](C)CCC2=O)cc1. The molecule has 0 aliphatic heterocycles. The van der Waals surface area contributed by atoms with Gasteiger partial charge in [0, 0.05) is 35.3 Å². The van der Waals surface area contributed by atoms with Crippen LogP contribution in [0.15, 0.2) is 48.5 Å². The Kier molecular flexibility index (Phi) is 5.93. The molecule has 0 amide bonds. The highest BCUT2D eigenvalue weighted by molar-refractivity contribution is 6.30. The quantitative estimate of drug-likeness (QED) is 0.605. The average molecular weight is 369 g/mol. The highest BCUT2D eigenvalue weighted by Crippen LogP contribution is 2.39. The van der Waals surface area contributed by atoms with Gasteiger partial charge in [0.05, 0.1) is 0 Å². The molecule has 0 spiro atoms. The van der Waals surface area contributed by atoms with E-state index in [0.29, 0.717) is 35.1 Å². The van der Waals surface area contributed by atoms with Crippen LogP contribution >= 0.6 is 11.6 Å². The maximum atomic E-state index is 12.9. The number of carbonyl (C=O) groups excluding carboxylic acids is 2. The van der Waals surface area contributed by atoms with Gasteiger partial charge in [-0.2, -0.15) is 0 Å². The molecule has 0 radical (unpaired) electrons. The summed E-state index contributed by atoms with van der Waals surface area (Å²) < 4.78 is 0. The van der Waals surface area contributed by atoms with Gasteiger partial charge in [0.25, 0.3) is 0 Å². The highest BCUT2D eigenvalue weighted by Gasteiger charge is 2.35. The second kappa shape index (κ2) is 8.18. The number of benzene rings is 2. The van der Waals surface area contributed by atoms with Crippen molar-refractivity contribution in [2.75, 3.05) is 0 Å². The average Bonchev–Trinajstić information content (AvgIpc) is 2.63. The van der Waals surface area contributed by atoms with Crippen molar-refractivity contribution >= 4 is 23.2 Å². The lowest BCUT2D eigenvalue weighted by atomic mass is 9.70. The number of hydrogen-bond donors (Lipinski definition) is 0. The molecule has 0 aromatic heterocycles. The number of halogens is 1. The summed E-state index contributed by atoms with van der Waals surface area (Å²) in [5.41, 5.74) is 2.88. The lowest BCUT2D eigenvalue weighted by molar-refractivity contribution is -0.126. The molecule has 3 atom stereocenters. The fourth-order valence-electron chi connectivity index (χ4n) is 3.90. The normalized spacial score (nSPS) is 21.4. The van der Waals surface area contributed by atoms with Gasteiger partial charge in [0.1, 0.15) is 5.78 Å². The third-order valence-electron chi connectivity index (χ3n) is 5.52. The number of ketones is 2. The van der Waals surface area contributed by atoms with Gasteiger partial charge in [-0.05, 0) is 43.4 Å². The first-order valence-corrected chi connectivity index (χ1v) is 9.70. The van der Waals surface area contributed by atoms with E-state index in [1.807, 2.05) is 55.5 Å². The third kappa shape index (κ3) is 4.42. The Morgan fingerprint density at radius 2 is 1.77 bits per heavy atom. The van der Waals surface area contributed by atoms with Gasteiger partial charge in [0.15, 0.2) is 5.78 Å². The molecule has 136 valence electrons. The van der Waals surface area contributed by atoms with E-state index >= 15 is 0 Å². The molecule has 26 heavy (non-hydrogen) atoms. The molecule has 0 N–H and O–H groups in total. The second-order valence-electron chi connectivity index (χ2n) is 7.60. The van der Waals surface area contributed by atoms with Crippen LogP contribution in [0.5, 0.6) is 0 Å². The van der Waals surface area contributed by atoms with Gasteiger partial charge in [-0.3, -0.25) is 9.59 Å². The summed E-state index contributed by atoms with van der Waals surface area (Å²) in [7, 11) is 0. The molecule has 2 aromatic rings. The Hall–Kier alpha value is -1.93. The predicted octanol–water partition coefficient (Wildman–Crippen LogP) is 6.01. The number of carbonyl (C=O) groups is 2. The first-order chi connectivity index (χ1) is 12.4. The fraction of sp³-hybridized carbons (Fsp3) is 0.391. The van der Waals surface area contributed by atoms with Gasteiger partial charge in [0.2, 0.25) is 0 Å². The Bertz CT molecular complexity index is 777. The van der Waals surface area contributed by atoms with Crippen LogP contribution < -0.4 is 0 Å². The van der Waals surface area contributed by atoms with Crippen LogP contribution in [0.4, 0.5) is 0 Å². The van der Waals surface area contributed by atoms with Crippen molar-refractivity contribution in [1.82, 2.24) is 0 Å². The Labute approximate surface area is 160 Å². The molecule has 0 heterocycles. The Morgan fingerprint density at radius 1 is 1.12 bits per heavy atom. The smallest absolute Gasteiger partial charge is 0.163 e. The van der Waals surface area contributed by atoms with Gasteiger partial charge in [-0.25, -0.2) is 0 Å². The topological polar surface area (TPSA) is 34.1 Å². The zero-order chi connectivity index (χ0) is 18.7. The summed E-state index contributed by atoms with van der Waals surface area (Å²) in [6, 6.07) is 15.3. The largest absolute Gasteiger partial charge is 0.299 e. The first kappa shape index (κ1) is 18.8. The summed E-state index contributed by atoms with van der Waals surface area (Å²) in [5.74, 6) is 0.725. The van der Waals surface area contributed by atoms with E-state index < -0.39 is 0 Å². The second-order valence-corrected chi connectivity index (χ2v) is 8.04.